The summed E-state index contributed by atoms with van der Waals surface area (Å²) in [5, 5.41) is 11.6. The number of pyridine rings is 1. The van der Waals surface area contributed by atoms with Gasteiger partial charge in [-0.05, 0) is 70.3 Å². The highest BCUT2D eigenvalue weighted by Crippen LogP contribution is 2.36. The number of carbonyl (C=O) groups excluding carboxylic acids is 2. The van der Waals surface area contributed by atoms with E-state index in [1.54, 1.807) is 6.20 Å². The summed E-state index contributed by atoms with van der Waals surface area (Å²) in [6, 6.07) is 32.7. The lowest BCUT2D eigenvalue weighted by Gasteiger charge is -2.27. The van der Waals surface area contributed by atoms with Gasteiger partial charge in [0.2, 0.25) is 11.8 Å². The Bertz CT molecular complexity index is 2100. The molecule has 0 aliphatic carbocycles. The Balaban J connectivity index is 1.14. The average Bonchev–Trinajstić information content (AvgIpc) is 3.25. The number of hydrogen-bond acceptors (Lipinski definition) is 10. The van der Waals surface area contributed by atoms with Crippen LogP contribution in [0.2, 0.25) is 0 Å². The minimum absolute atomic E-state index is 0.219. The molecule has 1 heterocycles. The molecule has 2 amide bonds. The Labute approximate surface area is 345 Å². The molecule has 4 aromatic carbocycles. The SMILES string of the molecule is Cc1ccnc(NCCCC(=O)NC(C(N)=O)C(c2ccccc2)c2ccc(-c3ccc(OCCOCCOCCOCCOCCN=[N+]=[N-])c4ccccc34)cc2)c1. The molecule has 1 aromatic heterocycles. The Hall–Kier alpha value is -6.02. The Morgan fingerprint density at radius 2 is 1.39 bits per heavy atom. The van der Waals surface area contributed by atoms with Gasteiger partial charge in [0.15, 0.2) is 0 Å². The average molecular weight is 804 g/mol. The van der Waals surface area contributed by atoms with Crippen LogP contribution in [0.15, 0.2) is 114 Å². The summed E-state index contributed by atoms with van der Waals surface area (Å²) in [5.74, 6) is 0.144. The molecule has 59 heavy (non-hydrogen) atoms. The van der Waals surface area contributed by atoms with Crippen molar-refractivity contribution in [3.05, 3.63) is 136 Å². The molecule has 0 spiro atoms. The predicted octanol–water partition coefficient (Wildman–Crippen LogP) is 6.96. The quantitative estimate of drug-likeness (QED) is 0.0218. The highest BCUT2D eigenvalue weighted by Gasteiger charge is 2.31. The number of amides is 2. The lowest BCUT2D eigenvalue weighted by molar-refractivity contribution is -0.127. The minimum atomic E-state index is -0.962. The Morgan fingerprint density at radius 3 is 2.05 bits per heavy atom. The van der Waals surface area contributed by atoms with Crippen molar-refractivity contribution in [3.63, 3.8) is 0 Å². The number of ether oxygens (including phenoxy) is 5. The third kappa shape index (κ3) is 14.4. The number of aryl methyl sites for hydroxylation is 1. The van der Waals surface area contributed by atoms with Gasteiger partial charge >= 0.3 is 0 Å². The number of hydrogen-bond donors (Lipinski definition) is 3. The number of benzene rings is 4. The topological polar surface area (TPSA) is 192 Å². The lowest BCUT2D eigenvalue weighted by Crippen LogP contribution is -2.48. The zero-order chi connectivity index (χ0) is 41.5. The van der Waals surface area contributed by atoms with Gasteiger partial charge in [-0.3, -0.25) is 9.59 Å². The van der Waals surface area contributed by atoms with Gasteiger partial charge in [0.25, 0.3) is 0 Å². The van der Waals surface area contributed by atoms with E-state index in [0.717, 1.165) is 50.2 Å². The van der Waals surface area contributed by atoms with Crippen molar-refractivity contribution in [1.29, 1.82) is 0 Å². The molecule has 14 heteroatoms. The summed E-state index contributed by atoms with van der Waals surface area (Å²) in [6.45, 7) is 6.67. The first-order valence-corrected chi connectivity index (χ1v) is 19.8. The van der Waals surface area contributed by atoms with Gasteiger partial charge in [0.05, 0.1) is 52.9 Å². The first-order valence-electron chi connectivity index (χ1n) is 19.8. The van der Waals surface area contributed by atoms with Crippen molar-refractivity contribution in [3.8, 4) is 16.9 Å². The fourth-order valence-corrected chi connectivity index (χ4v) is 6.54. The number of azide groups is 1. The number of fused-ring (bicyclic) bond motifs is 1. The Kier molecular flexibility index (Phi) is 18.4. The predicted molar refractivity (Wildman–Crippen MR) is 228 cm³/mol. The van der Waals surface area contributed by atoms with E-state index in [1.165, 1.54) is 0 Å². The van der Waals surface area contributed by atoms with Crippen LogP contribution < -0.4 is 21.1 Å². The summed E-state index contributed by atoms with van der Waals surface area (Å²) in [7, 11) is 0. The number of primary amides is 1. The maximum Gasteiger partial charge on any atom is 0.240 e. The second-order valence-electron chi connectivity index (χ2n) is 13.6. The summed E-state index contributed by atoms with van der Waals surface area (Å²) in [4.78, 5) is 33.2. The highest BCUT2D eigenvalue weighted by atomic mass is 16.6. The normalized spacial score (nSPS) is 12.0. The number of carbonyl (C=O) groups is 2. The summed E-state index contributed by atoms with van der Waals surface area (Å²) in [6.07, 6.45) is 2.51. The lowest BCUT2D eigenvalue weighted by atomic mass is 9.83. The van der Waals surface area contributed by atoms with E-state index in [4.69, 9.17) is 34.9 Å². The monoisotopic (exact) mass is 803 g/mol. The van der Waals surface area contributed by atoms with Crippen molar-refractivity contribution in [2.24, 2.45) is 10.8 Å². The van der Waals surface area contributed by atoms with Gasteiger partial charge < -0.3 is 40.1 Å². The van der Waals surface area contributed by atoms with E-state index in [-0.39, 0.29) is 12.3 Å². The molecule has 0 aliphatic heterocycles. The van der Waals surface area contributed by atoms with Crippen LogP contribution in [-0.4, -0.2) is 95.4 Å². The van der Waals surface area contributed by atoms with E-state index in [1.807, 2.05) is 104 Å². The largest absolute Gasteiger partial charge is 0.491 e. The second kappa shape index (κ2) is 24.7. The fourth-order valence-electron chi connectivity index (χ4n) is 6.54. The molecule has 0 saturated heterocycles. The Morgan fingerprint density at radius 1 is 0.763 bits per heavy atom. The molecule has 0 radical (unpaired) electrons. The van der Waals surface area contributed by atoms with E-state index < -0.39 is 17.9 Å². The smallest absolute Gasteiger partial charge is 0.240 e. The first kappa shape index (κ1) is 44.1. The molecule has 0 fully saturated rings. The molecule has 5 aromatic rings. The number of rotatable bonds is 27. The van der Waals surface area contributed by atoms with Crippen molar-refractivity contribution in [2.75, 3.05) is 77.9 Å². The van der Waals surface area contributed by atoms with Gasteiger partial charge in [0.1, 0.15) is 24.2 Å². The maximum absolute atomic E-state index is 13.2. The molecule has 14 nitrogen and oxygen atoms in total. The van der Waals surface area contributed by atoms with Crippen molar-refractivity contribution in [1.82, 2.24) is 10.3 Å². The van der Waals surface area contributed by atoms with Gasteiger partial charge in [-0.15, -0.1) is 0 Å². The molecule has 0 saturated carbocycles. The van der Waals surface area contributed by atoms with Crippen LogP contribution in [0.4, 0.5) is 5.82 Å². The third-order valence-electron chi connectivity index (χ3n) is 9.38. The van der Waals surface area contributed by atoms with Gasteiger partial charge in [-0.25, -0.2) is 4.98 Å². The molecule has 310 valence electrons. The van der Waals surface area contributed by atoms with Crippen molar-refractivity contribution >= 4 is 28.4 Å². The second-order valence-corrected chi connectivity index (χ2v) is 13.6. The molecule has 0 aliphatic rings. The van der Waals surface area contributed by atoms with E-state index in [2.05, 4.69) is 31.7 Å². The van der Waals surface area contributed by atoms with Gasteiger partial charge in [-0.2, -0.15) is 0 Å². The molecule has 0 bridgehead atoms. The van der Waals surface area contributed by atoms with Crippen molar-refractivity contribution < 1.29 is 33.3 Å². The number of nitrogens with zero attached hydrogens (tertiary/aromatic N) is 4. The van der Waals surface area contributed by atoms with Crippen LogP contribution in [-0.2, 0) is 28.5 Å². The van der Waals surface area contributed by atoms with Gasteiger partial charge in [0, 0.05) is 41.9 Å². The number of nitrogens with two attached hydrogens (primary N) is 1. The summed E-state index contributed by atoms with van der Waals surface area (Å²) >= 11 is 0. The molecule has 5 rings (SSSR count). The van der Waals surface area contributed by atoms with E-state index in [0.29, 0.717) is 79.0 Å². The standard InChI is InChI=1S/C45H53N7O7/c1-33-19-21-49-41(32-33)48-20-7-12-42(53)51-44(45(46)54)43(35-8-3-2-4-9-35)36-15-13-34(14-16-36)37-17-18-40(39-11-6-5-10-38(37)39)59-31-30-58-29-28-57-27-26-56-25-24-55-23-22-50-52-47/h2-6,8-11,13-19,21,32,43-44H,7,12,20,22-31H2,1H3,(H2,46,54)(H,48,49)(H,51,53). The maximum atomic E-state index is 13.2. The minimum Gasteiger partial charge on any atom is -0.491 e. The van der Waals surface area contributed by atoms with Crippen LogP contribution in [0.25, 0.3) is 32.3 Å². The number of aromatic nitrogens is 1. The van der Waals surface area contributed by atoms with Crippen LogP contribution in [0.1, 0.15) is 35.4 Å². The van der Waals surface area contributed by atoms with Crippen LogP contribution >= 0.6 is 0 Å². The summed E-state index contributed by atoms with van der Waals surface area (Å²) in [5.41, 5.74) is 19.1. The fraction of sp³-hybridized carbons (Fsp3) is 0.356. The molecular weight excluding hydrogens is 751 g/mol. The van der Waals surface area contributed by atoms with Crippen LogP contribution in [0.5, 0.6) is 5.75 Å². The molecule has 2 atom stereocenters. The van der Waals surface area contributed by atoms with Crippen molar-refractivity contribution in [2.45, 2.75) is 31.7 Å². The summed E-state index contributed by atoms with van der Waals surface area (Å²) < 4.78 is 28.1. The molecular formula is C45H53N7O7. The number of nitrogens with one attached hydrogen (secondary N) is 2. The first-order chi connectivity index (χ1) is 28.9. The molecule has 4 N–H and O–H groups in total. The highest BCUT2D eigenvalue weighted by molar-refractivity contribution is 6.00. The third-order valence-corrected chi connectivity index (χ3v) is 9.38. The van der Waals surface area contributed by atoms with E-state index >= 15 is 0 Å². The number of anilines is 1. The molecule has 2 unspecified atom stereocenters. The zero-order valence-corrected chi connectivity index (χ0v) is 33.5. The van der Waals surface area contributed by atoms with Crippen LogP contribution in [0, 0.1) is 6.92 Å². The van der Waals surface area contributed by atoms with E-state index in [9.17, 15) is 9.59 Å². The van der Waals surface area contributed by atoms with Crippen LogP contribution in [0.3, 0.4) is 0 Å². The van der Waals surface area contributed by atoms with Gasteiger partial charge in [-0.1, -0.05) is 90.0 Å². The zero-order valence-electron chi connectivity index (χ0n) is 33.5.